The van der Waals surface area contributed by atoms with Crippen molar-refractivity contribution >= 4 is 33.7 Å². The summed E-state index contributed by atoms with van der Waals surface area (Å²) in [5.74, 6) is -0.597. The van der Waals surface area contributed by atoms with Crippen LogP contribution in [0.5, 0.6) is 0 Å². The smallest absolute Gasteiger partial charge is 0.331 e. The van der Waals surface area contributed by atoms with E-state index in [1.54, 1.807) is 24.0 Å². The Kier molecular flexibility index (Phi) is 6.75. The van der Waals surface area contributed by atoms with Crippen molar-refractivity contribution in [2.24, 2.45) is 5.92 Å². The third-order valence-electron chi connectivity index (χ3n) is 5.73. The van der Waals surface area contributed by atoms with Gasteiger partial charge in [0.15, 0.2) is 0 Å². The maximum absolute atomic E-state index is 12.8. The normalized spacial score (nSPS) is 19.3. The summed E-state index contributed by atoms with van der Waals surface area (Å²) < 4.78 is 6.15. The van der Waals surface area contributed by atoms with Gasteiger partial charge in [-0.3, -0.25) is 9.59 Å². The van der Waals surface area contributed by atoms with Crippen LogP contribution in [0.25, 0.3) is 0 Å². The number of likely N-dealkylation sites (tertiary alicyclic amines) is 1. The minimum absolute atomic E-state index is 0.00913. The highest BCUT2D eigenvalue weighted by Gasteiger charge is 2.45. The van der Waals surface area contributed by atoms with Crippen molar-refractivity contribution in [3.8, 4) is 0 Å². The molecule has 2 amide bonds. The molecule has 1 saturated carbocycles. The van der Waals surface area contributed by atoms with Gasteiger partial charge in [-0.2, -0.15) is 0 Å². The number of amides is 2. The number of esters is 1. The van der Waals surface area contributed by atoms with Crippen molar-refractivity contribution in [2.45, 2.75) is 51.0 Å². The van der Waals surface area contributed by atoms with Gasteiger partial charge in [0.2, 0.25) is 5.91 Å². The molecular formula is C21H27BrN2O4. The Morgan fingerprint density at radius 3 is 2.32 bits per heavy atom. The lowest BCUT2D eigenvalue weighted by Gasteiger charge is -2.34. The number of piperidine rings is 1. The number of carbonyl (C=O) groups excluding carboxylic acids is 3. The van der Waals surface area contributed by atoms with Crippen LogP contribution in [0.3, 0.4) is 0 Å². The molecule has 1 saturated heterocycles. The maximum Gasteiger partial charge on any atom is 0.331 e. The predicted octanol–water partition coefficient (Wildman–Crippen LogP) is 3.29. The van der Waals surface area contributed by atoms with Gasteiger partial charge in [0.05, 0.1) is 6.61 Å². The molecule has 28 heavy (non-hydrogen) atoms. The minimum atomic E-state index is -0.864. The van der Waals surface area contributed by atoms with Crippen LogP contribution in [0.2, 0.25) is 0 Å². The zero-order valence-electron chi connectivity index (χ0n) is 16.2. The molecule has 0 radical (unpaired) electrons. The van der Waals surface area contributed by atoms with E-state index in [1.807, 2.05) is 12.1 Å². The van der Waals surface area contributed by atoms with Crippen molar-refractivity contribution < 1.29 is 19.1 Å². The quantitative estimate of drug-likeness (QED) is 0.698. The molecule has 0 aromatic heterocycles. The Morgan fingerprint density at radius 1 is 1.14 bits per heavy atom. The van der Waals surface area contributed by atoms with Crippen LogP contribution < -0.4 is 5.32 Å². The van der Waals surface area contributed by atoms with Crippen molar-refractivity contribution in [1.29, 1.82) is 0 Å². The van der Waals surface area contributed by atoms with E-state index >= 15 is 0 Å². The van der Waals surface area contributed by atoms with Gasteiger partial charge in [-0.05, 0) is 56.9 Å². The number of hydrogen-bond donors (Lipinski definition) is 1. The molecule has 1 N–H and O–H groups in total. The lowest BCUT2D eigenvalue weighted by molar-refractivity contribution is -0.153. The molecule has 0 bridgehead atoms. The van der Waals surface area contributed by atoms with Crippen LogP contribution in [0.4, 0.5) is 0 Å². The lowest BCUT2D eigenvalue weighted by atomic mass is 9.91. The van der Waals surface area contributed by atoms with Crippen LogP contribution >= 0.6 is 15.9 Å². The van der Waals surface area contributed by atoms with Crippen LogP contribution in [0, 0.1) is 5.92 Å². The minimum Gasteiger partial charge on any atom is -0.464 e. The SMILES string of the molecule is CCOC(=O)C1(NC(=O)C2CCN(C(=O)c3ccc(Br)cc3)CC2)CCCC1. The van der Waals surface area contributed by atoms with Crippen molar-refractivity contribution in [3.05, 3.63) is 34.3 Å². The molecular weight excluding hydrogens is 424 g/mol. The standard InChI is InChI=1S/C21H27BrN2O4/c1-2-28-20(27)21(11-3-4-12-21)23-18(25)15-9-13-24(14-10-15)19(26)16-5-7-17(22)8-6-16/h5-8,15H,2-4,9-14H2,1H3,(H,23,25). The fraction of sp³-hybridized carbons (Fsp3) is 0.571. The Morgan fingerprint density at radius 2 is 1.75 bits per heavy atom. The van der Waals surface area contributed by atoms with Crippen molar-refractivity contribution in [3.63, 3.8) is 0 Å². The molecule has 1 heterocycles. The lowest BCUT2D eigenvalue weighted by Crippen LogP contribution is -2.56. The molecule has 0 atom stereocenters. The van der Waals surface area contributed by atoms with Gasteiger partial charge in [-0.15, -0.1) is 0 Å². The second-order valence-electron chi connectivity index (χ2n) is 7.57. The van der Waals surface area contributed by atoms with Gasteiger partial charge in [0, 0.05) is 29.0 Å². The molecule has 1 aliphatic heterocycles. The second kappa shape index (κ2) is 9.07. The van der Waals surface area contributed by atoms with E-state index in [4.69, 9.17) is 4.74 Å². The third kappa shape index (κ3) is 4.57. The number of ether oxygens (including phenoxy) is 1. The molecule has 0 unspecified atom stereocenters. The molecule has 0 spiro atoms. The summed E-state index contributed by atoms with van der Waals surface area (Å²) in [4.78, 5) is 39.7. The largest absolute Gasteiger partial charge is 0.464 e. The van der Waals surface area contributed by atoms with E-state index in [-0.39, 0.29) is 23.7 Å². The monoisotopic (exact) mass is 450 g/mol. The first-order valence-corrected chi connectivity index (χ1v) is 10.8. The number of halogens is 1. The fourth-order valence-corrected chi connectivity index (χ4v) is 4.35. The predicted molar refractivity (Wildman–Crippen MR) is 109 cm³/mol. The Bertz CT molecular complexity index is 720. The molecule has 2 fully saturated rings. The number of rotatable bonds is 5. The van der Waals surface area contributed by atoms with Gasteiger partial charge in [-0.1, -0.05) is 28.8 Å². The molecule has 152 valence electrons. The van der Waals surface area contributed by atoms with E-state index < -0.39 is 5.54 Å². The van der Waals surface area contributed by atoms with Crippen molar-refractivity contribution in [2.75, 3.05) is 19.7 Å². The van der Waals surface area contributed by atoms with E-state index in [0.717, 1.165) is 17.3 Å². The number of hydrogen-bond acceptors (Lipinski definition) is 4. The van der Waals surface area contributed by atoms with E-state index in [2.05, 4.69) is 21.2 Å². The first-order chi connectivity index (χ1) is 13.4. The van der Waals surface area contributed by atoms with E-state index in [0.29, 0.717) is 50.9 Å². The zero-order valence-corrected chi connectivity index (χ0v) is 17.8. The topological polar surface area (TPSA) is 75.7 Å². The van der Waals surface area contributed by atoms with E-state index in [9.17, 15) is 14.4 Å². The summed E-state index contributed by atoms with van der Waals surface area (Å²) in [6.07, 6.45) is 4.31. The maximum atomic E-state index is 12.8. The van der Waals surface area contributed by atoms with Gasteiger partial charge in [-0.25, -0.2) is 4.79 Å². The van der Waals surface area contributed by atoms with Gasteiger partial charge < -0.3 is 15.0 Å². The Hall–Kier alpha value is -1.89. The highest BCUT2D eigenvalue weighted by Crippen LogP contribution is 2.32. The average Bonchev–Trinajstić information content (AvgIpc) is 3.18. The van der Waals surface area contributed by atoms with Crippen LogP contribution in [0.15, 0.2) is 28.7 Å². The van der Waals surface area contributed by atoms with Crippen molar-refractivity contribution in [1.82, 2.24) is 10.2 Å². The van der Waals surface area contributed by atoms with Crippen LogP contribution in [0.1, 0.15) is 55.8 Å². The van der Waals surface area contributed by atoms with Gasteiger partial charge >= 0.3 is 5.97 Å². The third-order valence-corrected chi connectivity index (χ3v) is 6.26. The summed E-state index contributed by atoms with van der Waals surface area (Å²) in [6, 6.07) is 7.30. The molecule has 6 nitrogen and oxygen atoms in total. The zero-order chi connectivity index (χ0) is 20.1. The summed E-state index contributed by atoms with van der Waals surface area (Å²) >= 11 is 3.37. The molecule has 1 aromatic carbocycles. The summed E-state index contributed by atoms with van der Waals surface area (Å²) in [5, 5.41) is 3.01. The highest BCUT2D eigenvalue weighted by atomic mass is 79.9. The van der Waals surface area contributed by atoms with Gasteiger partial charge in [0.1, 0.15) is 5.54 Å². The highest BCUT2D eigenvalue weighted by molar-refractivity contribution is 9.10. The average molecular weight is 451 g/mol. The molecule has 2 aliphatic rings. The molecule has 7 heteroatoms. The summed E-state index contributed by atoms with van der Waals surface area (Å²) in [7, 11) is 0. The summed E-state index contributed by atoms with van der Waals surface area (Å²) in [5.41, 5.74) is -0.212. The molecule has 1 aliphatic carbocycles. The fourth-order valence-electron chi connectivity index (χ4n) is 4.09. The number of nitrogens with one attached hydrogen (secondary N) is 1. The molecule has 1 aromatic rings. The van der Waals surface area contributed by atoms with Crippen LogP contribution in [-0.2, 0) is 14.3 Å². The number of nitrogens with zero attached hydrogens (tertiary/aromatic N) is 1. The number of carbonyl (C=O) groups is 3. The first kappa shape index (κ1) is 20.8. The Labute approximate surface area is 174 Å². The Balaban J connectivity index is 1.56. The first-order valence-electron chi connectivity index (χ1n) is 9.99. The van der Waals surface area contributed by atoms with E-state index in [1.165, 1.54) is 0 Å². The summed E-state index contributed by atoms with van der Waals surface area (Å²) in [6.45, 7) is 3.17. The van der Waals surface area contributed by atoms with Crippen LogP contribution in [-0.4, -0.2) is 47.9 Å². The number of benzene rings is 1. The second-order valence-corrected chi connectivity index (χ2v) is 8.49. The molecule has 3 rings (SSSR count). The van der Waals surface area contributed by atoms with Gasteiger partial charge in [0.25, 0.3) is 5.91 Å².